The van der Waals surface area contributed by atoms with E-state index in [0.29, 0.717) is 11.3 Å². The summed E-state index contributed by atoms with van der Waals surface area (Å²) in [7, 11) is 1.54. The first-order chi connectivity index (χ1) is 7.72. The van der Waals surface area contributed by atoms with Crippen LogP contribution in [-0.4, -0.2) is 30.0 Å². The molecule has 0 heterocycles. The molecule has 0 saturated heterocycles. The lowest BCUT2D eigenvalue weighted by Crippen LogP contribution is -2.20. The van der Waals surface area contributed by atoms with Crippen molar-refractivity contribution in [1.82, 2.24) is 0 Å². The first-order valence-electron chi connectivity index (χ1n) is 4.70. The van der Waals surface area contributed by atoms with E-state index in [1.807, 2.05) is 0 Å². The lowest BCUT2D eigenvalue weighted by Gasteiger charge is -2.16. The zero-order valence-corrected chi connectivity index (χ0v) is 8.82. The fourth-order valence-electron chi connectivity index (χ4n) is 1.32. The van der Waals surface area contributed by atoms with E-state index in [-0.39, 0.29) is 0 Å². The Morgan fingerprint density at radius 3 is 2.50 bits per heavy atom. The number of methoxy groups -OCH3 is 1. The van der Waals surface area contributed by atoms with E-state index in [2.05, 4.69) is 10.0 Å². The zero-order chi connectivity index (χ0) is 12.0. The van der Waals surface area contributed by atoms with Gasteiger partial charge in [0, 0.05) is 4.91 Å². The minimum atomic E-state index is -1.11. The standard InChI is InChI=1S/C10H13N3O3/c1-16-8-4-2-7(3-5-8)10(12-13-11)9(15)6-14/h2-5,9-10,14-15H,6H2,1H3/t9-,10+/m0/s1. The van der Waals surface area contributed by atoms with Gasteiger partial charge in [-0.3, -0.25) is 0 Å². The zero-order valence-electron chi connectivity index (χ0n) is 8.82. The summed E-state index contributed by atoms with van der Waals surface area (Å²) < 4.78 is 4.98. The molecular weight excluding hydrogens is 210 g/mol. The molecule has 6 nitrogen and oxygen atoms in total. The monoisotopic (exact) mass is 223 g/mol. The summed E-state index contributed by atoms with van der Waals surface area (Å²) in [5, 5.41) is 21.8. The minimum Gasteiger partial charge on any atom is -0.497 e. The van der Waals surface area contributed by atoms with Gasteiger partial charge in [0.1, 0.15) is 5.75 Å². The SMILES string of the molecule is COc1ccc([C@@H](N=[N+]=[N-])[C@@H](O)CO)cc1. The Morgan fingerprint density at radius 1 is 1.44 bits per heavy atom. The molecule has 6 heteroatoms. The number of hydrogen-bond acceptors (Lipinski definition) is 4. The molecular formula is C10H13N3O3. The highest BCUT2D eigenvalue weighted by Crippen LogP contribution is 2.23. The number of nitrogens with zero attached hydrogens (tertiary/aromatic N) is 3. The van der Waals surface area contributed by atoms with E-state index in [1.165, 1.54) is 0 Å². The summed E-state index contributed by atoms with van der Waals surface area (Å²) in [5.74, 6) is 0.668. The topological polar surface area (TPSA) is 98.5 Å². The summed E-state index contributed by atoms with van der Waals surface area (Å²) in [4.78, 5) is 2.65. The number of aliphatic hydroxyl groups excluding tert-OH is 2. The van der Waals surface area contributed by atoms with E-state index >= 15 is 0 Å². The van der Waals surface area contributed by atoms with Crippen molar-refractivity contribution in [2.24, 2.45) is 5.11 Å². The van der Waals surface area contributed by atoms with Gasteiger partial charge in [-0.15, -0.1) is 0 Å². The van der Waals surface area contributed by atoms with Gasteiger partial charge in [-0.25, -0.2) is 0 Å². The van der Waals surface area contributed by atoms with Gasteiger partial charge in [0.15, 0.2) is 0 Å². The molecule has 0 amide bonds. The second-order valence-corrected chi connectivity index (χ2v) is 3.17. The molecule has 0 spiro atoms. The Bertz CT molecular complexity index is 373. The summed E-state index contributed by atoms with van der Waals surface area (Å²) in [6.45, 7) is -0.463. The van der Waals surface area contributed by atoms with Crippen LogP contribution >= 0.6 is 0 Å². The number of hydrogen-bond donors (Lipinski definition) is 2. The molecule has 0 aliphatic rings. The van der Waals surface area contributed by atoms with Crippen LogP contribution in [0.15, 0.2) is 29.4 Å². The first kappa shape index (κ1) is 12.3. The van der Waals surface area contributed by atoms with Gasteiger partial charge in [0.2, 0.25) is 0 Å². The molecule has 0 aliphatic heterocycles. The molecule has 1 aromatic rings. The fourth-order valence-corrected chi connectivity index (χ4v) is 1.32. The third-order valence-corrected chi connectivity index (χ3v) is 2.18. The molecule has 0 aliphatic carbocycles. The molecule has 1 aromatic carbocycles. The number of ether oxygens (including phenoxy) is 1. The number of azide groups is 1. The van der Waals surface area contributed by atoms with Crippen LogP contribution in [0, 0.1) is 0 Å². The summed E-state index contributed by atoms with van der Waals surface area (Å²) >= 11 is 0. The van der Waals surface area contributed by atoms with Crippen LogP contribution < -0.4 is 4.74 Å². The Kier molecular flexibility index (Phi) is 4.60. The Balaban J connectivity index is 2.96. The largest absolute Gasteiger partial charge is 0.497 e. The van der Waals surface area contributed by atoms with Crippen LogP contribution in [0.4, 0.5) is 0 Å². The van der Waals surface area contributed by atoms with Gasteiger partial charge < -0.3 is 14.9 Å². The van der Waals surface area contributed by atoms with Crippen molar-refractivity contribution in [3.8, 4) is 5.75 Å². The highest BCUT2D eigenvalue weighted by atomic mass is 16.5. The molecule has 0 saturated carbocycles. The Hall–Kier alpha value is -1.75. The second-order valence-electron chi connectivity index (χ2n) is 3.17. The maximum Gasteiger partial charge on any atom is 0.118 e. The van der Waals surface area contributed by atoms with Crippen molar-refractivity contribution in [3.63, 3.8) is 0 Å². The average Bonchev–Trinajstić information content (AvgIpc) is 2.35. The number of rotatable bonds is 5. The van der Waals surface area contributed by atoms with E-state index in [0.717, 1.165) is 0 Å². The fraction of sp³-hybridized carbons (Fsp3) is 0.400. The second kappa shape index (κ2) is 5.97. The van der Waals surface area contributed by atoms with Crippen molar-refractivity contribution in [3.05, 3.63) is 40.3 Å². The number of aliphatic hydroxyl groups is 2. The smallest absolute Gasteiger partial charge is 0.118 e. The van der Waals surface area contributed by atoms with Crippen LogP contribution in [-0.2, 0) is 0 Å². The lowest BCUT2D eigenvalue weighted by molar-refractivity contribution is 0.0742. The van der Waals surface area contributed by atoms with Crippen LogP contribution in [0.3, 0.4) is 0 Å². The maximum absolute atomic E-state index is 9.48. The van der Waals surface area contributed by atoms with E-state index in [4.69, 9.17) is 15.4 Å². The Morgan fingerprint density at radius 2 is 2.06 bits per heavy atom. The molecule has 2 N–H and O–H groups in total. The minimum absolute atomic E-state index is 0.463. The van der Waals surface area contributed by atoms with Crippen LogP contribution in [0.1, 0.15) is 11.6 Å². The highest BCUT2D eigenvalue weighted by molar-refractivity contribution is 5.29. The normalized spacial score (nSPS) is 13.7. The molecule has 0 aromatic heterocycles. The molecule has 0 bridgehead atoms. The third kappa shape index (κ3) is 2.87. The van der Waals surface area contributed by atoms with Crippen molar-refractivity contribution in [2.75, 3.05) is 13.7 Å². The third-order valence-electron chi connectivity index (χ3n) is 2.18. The van der Waals surface area contributed by atoms with Crippen LogP contribution in [0.25, 0.3) is 10.4 Å². The molecule has 0 radical (unpaired) electrons. The summed E-state index contributed by atoms with van der Waals surface area (Å²) in [5.41, 5.74) is 9.01. The quantitative estimate of drug-likeness (QED) is 0.448. The number of benzene rings is 1. The van der Waals surface area contributed by atoms with Crippen molar-refractivity contribution < 1.29 is 14.9 Å². The predicted molar refractivity (Wildman–Crippen MR) is 58.0 cm³/mol. The molecule has 1 rings (SSSR count). The molecule has 0 fully saturated rings. The molecule has 86 valence electrons. The van der Waals surface area contributed by atoms with Gasteiger partial charge in [-0.1, -0.05) is 17.2 Å². The van der Waals surface area contributed by atoms with Gasteiger partial charge in [0.25, 0.3) is 0 Å². The molecule has 16 heavy (non-hydrogen) atoms. The Labute approximate surface area is 92.7 Å². The van der Waals surface area contributed by atoms with Crippen molar-refractivity contribution >= 4 is 0 Å². The summed E-state index contributed by atoms with van der Waals surface area (Å²) in [6.07, 6.45) is -1.11. The van der Waals surface area contributed by atoms with Crippen LogP contribution in [0.2, 0.25) is 0 Å². The maximum atomic E-state index is 9.48. The van der Waals surface area contributed by atoms with Gasteiger partial charge in [-0.05, 0) is 23.2 Å². The summed E-state index contributed by atoms with van der Waals surface area (Å²) in [6, 6.07) is 5.95. The average molecular weight is 223 g/mol. The van der Waals surface area contributed by atoms with E-state index < -0.39 is 18.8 Å². The van der Waals surface area contributed by atoms with Crippen LogP contribution in [0.5, 0.6) is 5.75 Å². The predicted octanol–water partition coefficient (Wildman–Crippen LogP) is 1.40. The van der Waals surface area contributed by atoms with Gasteiger partial charge in [-0.2, -0.15) is 0 Å². The molecule has 2 atom stereocenters. The van der Waals surface area contributed by atoms with E-state index in [1.54, 1.807) is 31.4 Å². The molecule has 0 unspecified atom stereocenters. The van der Waals surface area contributed by atoms with Gasteiger partial charge >= 0.3 is 0 Å². The van der Waals surface area contributed by atoms with E-state index in [9.17, 15) is 5.11 Å². The lowest BCUT2D eigenvalue weighted by atomic mass is 10.0. The first-order valence-corrected chi connectivity index (χ1v) is 4.70. The van der Waals surface area contributed by atoms with Crippen molar-refractivity contribution in [2.45, 2.75) is 12.1 Å². The highest BCUT2D eigenvalue weighted by Gasteiger charge is 2.18. The van der Waals surface area contributed by atoms with Gasteiger partial charge in [0.05, 0.1) is 25.9 Å². The van der Waals surface area contributed by atoms with Crippen molar-refractivity contribution in [1.29, 1.82) is 0 Å².